The molecule has 0 saturated heterocycles. The summed E-state index contributed by atoms with van der Waals surface area (Å²) in [6, 6.07) is 13.0. The van der Waals surface area contributed by atoms with Gasteiger partial charge in [-0.05, 0) is 56.0 Å². The van der Waals surface area contributed by atoms with Crippen LogP contribution in [0.15, 0.2) is 42.5 Å². The quantitative estimate of drug-likeness (QED) is 0.489. The number of benzene rings is 2. The van der Waals surface area contributed by atoms with Crippen LogP contribution in [0, 0.1) is 5.82 Å². The zero-order chi connectivity index (χ0) is 20.2. The van der Waals surface area contributed by atoms with E-state index in [1.54, 1.807) is 6.07 Å². The van der Waals surface area contributed by atoms with Gasteiger partial charge in [0.2, 0.25) is 0 Å². The molecule has 2 rings (SSSR count). The maximum Gasteiger partial charge on any atom is 0.164 e. The van der Waals surface area contributed by atoms with Gasteiger partial charge in [-0.2, -0.15) is 0 Å². The van der Waals surface area contributed by atoms with Crippen LogP contribution in [0.2, 0.25) is 0 Å². The molecule has 0 radical (unpaired) electrons. The summed E-state index contributed by atoms with van der Waals surface area (Å²) >= 11 is 0. The average Bonchev–Trinajstić information content (AvgIpc) is 2.71. The predicted molar refractivity (Wildman–Crippen MR) is 111 cm³/mol. The first-order valence-corrected chi connectivity index (χ1v) is 10.2. The molecule has 0 aliphatic heterocycles. The van der Waals surface area contributed by atoms with Gasteiger partial charge in [0.05, 0.1) is 13.2 Å². The van der Waals surface area contributed by atoms with Crippen LogP contribution in [0.25, 0.3) is 0 Å². The van der Waals surface area contributed by atoms with Crippen molar-refractivity contribution in [2.45, 2.75) is 46.1 Å². The highest BCUT2D eigenvalue weighted by Gasteiger charge is 2.09. The van der Waals surface area contributed by atoms with Crippen molar-refractivity contribution >= 4 is 0 Å². The molecule has 0 amide bonds. The van der Waals surface area contributed by atoms with Crippen molar-refractivity contribution in [3.63, 3.8) is 0 Å². The number of hydrogen-bond acceptors (Lipinski definition) is 4. The van der Waals surface area contributed by atoms with E-state index < -0.39 is 0 Å². The summed E-state index contributed by atoms with van der Waals surface area (Å²) in [6.45, 7) is 8.55. The van der Waals surface area contributed by atoms with Crippen LogP contribution in [0.1, 0.15) is 39.2 Å². The number of hydrogen-bond donors (Lipinski definition) is 1. The molecule has 0 spiro atoms. The van der Waals surface area contributed by atoms with Crippen LogP contribution in [0.5, 0.6) is 17.2 Å². The fourth-order valence-corrected chi connectivity index (χ4v) is 2.88. The molecule has 2 aromatic carbocycles. The van der Waals surface area contributed by atoms with Crippen molar-refractivity contribution in [3.05, 3.63) is 53.8 Å². The van der Waals surface area contributed by atoms with Gasteiger partial charge in [0, 0.05) is 18.7 Å². The van der Waals surface area contributed by atoms with Gasteiger partial charge in [0.15, 0.2) is 11.5 Å². The Morgan fingerprint density at radius 2 is 1.68 bits per heavy atom. The Balaban J connectivity index is 1.78. The topological polar surface area (TPSA) is 39.7 Å². The largest absolute Gasteiger partial charge is 0.494 e. The number of nitrogens with one attached hydrogen (secondary N) is 1. The lowest BCUT2D eigenvalue weighted by atomic mass is 10.0. The SMILES string of the molecule is CCCOc1ccc(CC(CC)NCCOc2ccc(F)cc2OCC)cc1. The van der Waals surface area contributed by atoms with Crippen molar-refractivity contribution in [1.29, 1.82) is 0 Å². The zero-order valence-electron chi connectivity index (χ0n) is 17.2. The van der Waals surface area contributed by atoms with Crippen molar-refractivity contribution in [2.75, 3.05) is 26.4 Å². The summed E-state index contributed by atoms with van der Waals surface area (Å²) in [7, 11) is 0. The van der Waals surface area contributed by atoms with Crippen molar-refractivity contribution in [3.8, 4) is 17.2 Å². The third-order valence-electron chi connectivity index (χ3n) is 4.37. The standard InChI is InChI=1S/C23H32FNO3/c1-4-14-27-21-10-7-18(8-11-21)16-20(5-2)25-13-15-28-22-12-9-19(24)17-23(22)26-6-3/h7-12,17,20,25H,4-6,13-16H2,1-3H3. The minimum Gasteiger partial charge on any atom is -0.494 e. The van der Waals surface area contributed by atoms with E-state index in [9.17, 15) is 4.39 Å². The summed E-state index contributed by atoms with van der Waals surface area (Å²) in [5, 5.41) is 3.53. The number of rotatable bonds is 13. The molecule has 154 valence electrons. The molecule has 1 atom stereocenters. The van der Waals surface area contributed by atoms with Crippen LogP contribution < -0.4 is 19.5 Å². The molecule has 5 heteroatoms. The average molecular weight is 390 g/mol. The lowest BCUT2D eigenvalue weighted by molar-refractivity contribution is 0.269. The highest BCUT2D eigenvalue weighted by Crippen LogP contribution is 2.27. The molecule has 0 aliphatic carbocycles. The van der Waals surface area contributed by atoms with Crippen molar-refractivity contribution in [1.82, 2.24) is 5.32 Å². The Morgan fingerprint density at radius 3 is 2.36 bits per heavy atom. The maximum absolute atomic E-state index is 13.3. The molecule has 0 aliphatic rings. The third kappa shape index (κ3) is 7.39. The second kappa shape index (κ2) is 12.2. The minimum absolute atomic E-state index is 0.328. The molecule has 0 heterocycles. The van der Waals surface area contributed by atoms with E-state index in [2.05, 4.69) is 31.3 Å². The number of halogens is 1. The molecule has 28 heavy (non-hydrogen) atoms. The van der Waals surface area contributed by atoms with Gasteiger partial charge in [0.25, 0.3) is 0 Å². The van der Waals surface area contributed by atoms with Gasteiger partial charge in [-0.25, -0.2) is 4.39 Å². The number of ether oxygens (including phenoxy) is 3. The lowest BCUT2D eigenvalue weighted by Crippen LogP contribution is -2.33. The van der Waals surface area contributed by atoms with Crippen LogP contribution in [0.4, 0.5) is 4.39 Å². The smallest absolute Gasteiger partial charge is 0.164 e. The Morgan fingerprint density at radius 1 is 0.893 bits per heavy atom. The zero-order valence-corrected chi connectivity index (χ0v) is 17.2. The molecular formula is C23H32FNO3. The normalized spacial score (nSPS) is 11.9. The summed E-state index contributed by atoms with van der Waals surface area (Å²) in [6.07, 6.45) is 2.98. The Bertz CT molecular complexity index is 691. The van der Waals surface area contributed by atoms with E-state index in [0.717, 1.165) is 31.6 Å². The third-order valence-corrected chi connectivity index (χ3v) is 4.37. The van der Waals surface area contributed by atoms with Gasteiger partial charge < -0.3 is 19.5 Å². The van der Waals surface area contributed by atoms with E-state index in [4.69, 9.17) is 14.2 Å². The summed E-state index contributed by atoms with van der Waals surface area (Å²) in [5.41, 5.74) is 1.28. The van der Waals surface area contributed by atoms with E-state index in [0.29, 0.717) is 37.3 Å². The lowest BCUT2D eigenvalue weighted by Gasteiger charge is -2.18. The fraction of sp³-hybridized carbons (Fsp3) is 0.478. The molecule has 4 nitrogen and oxygen atoms in total. The maximum atomic E-state index is 13.3. The Labute approximate surface area is 168 Å². The first-order chi connectivity index (χ1) is 13.7. The van der Waals surface area contributed by atoms with E-state index in [1.807, 2.05) is 19.1 Å². The fourth-order valence-electron chi connectivity index (χ4n) is 2.88. The first-order valence-electron chi connectivity index (χ1n) is 10.2. The van der Waals surface area contributed by atoms with Crippen LogP contribution in [-0.4, -0.2) is 32.4 Å². The van der Waals surface area contributed by atoms with Gasteiger partial charge in [-0.3, -0.25) is 0 Å². The predicted octanol–water partition coefficient (Wildman–Crippen LogP) is 5.00. The van der Waals surface area contributed by atoms with Gasteiger partial charge in [-0.1, -0.05) is 26.0 Å². The van der Waals surface area contributed by atoms with Crippen LogP contribution in [0.3, 0.4) is 0 Å². The summed E-state index contributed by atoms with van der Waals surface area (Å²) in [5.74, 6) is 1.61. The molecule has 0 saturated carbocycles. The van der Waals surface area contributed by atoms with Gasteiger partial charge in [-0.15, -0.1) is 0 Å². The van der Waals surface area contributed by atoms with Crippen molar-refractivity contribution in [2.24, 2.45) is 0 Å². The molecule has 2 aromatic rings. The van der Waals surface area contributed by atoms with Gasteiger partial charge in [0.1, 0.15) is 18.2 Å². The molecule has 1 N–H and O–H groups in total. The van der Waals surface area contributed by atoms with E-state index >= 15 is 0 Å². The van der Waals surface area contributed by atoms with E-state index in [1.165, 1.54) is 17.7 Å². The summed E-state index contributed by atoms with van der Waals surface area (Å²) in [4.78, 5) is 0. The summed E-state index contributed by atoms with van der Waals surface area (Å²) < 4.78 is 30.2. The monoisotopic (exact) mass is 389 g/mol. The molecule has 0 aromatic heterocycles. The molecule has 0 fully saturated rings. The van der Waals surface area contributed by atoms with E-state index in [-0.39, 0.29) is 5.82 Å². The highest BCUT2D eigenvalue weighted by atomic mass is 19.1. The molecular weight excluding hydrogens is 357 g/mol. The second-order valence-electron chi connectivity index (χ2n) is 6.63. The molecule has 0 bridgehead atoms. The van der Waals surface area contributed by atoms with Gasteiger partial charge >= 0.3 is 0 Å². The Kier molecular flexibility index (Phi) is 9.63. The Hall–Kier alpha value is -2.27. The second-order valence-corrected chi connectivity index (χ2v) is 6.63. The highest BCUT2D eigenvalue weighted by molar-refractivity contribution is 5.40. The molecule has 1 unspecified atom stereocenters. The van der Waals surface area contributed by atoms with Crippen LogP contribution in [-0.2, 0) is 6.42 Å². The minimum atomic E-state index is -0.328. The van der Waals surface area contributed by atoms with Crippen molar-refractivity contribution < 1.29 is 18.6 Å². The first kappa shape index (κ1) is 22.0. The van der Waals surface area contributed by atoms with Crippen LogP contribution >= 0.6 is 0 Å².